The van der Waals surface area contributed by atoms with Crippen LogP contribution in [0.5, 0.6) is 0 Å². The third kappa shape index (κ3) is 4.34. The molecule has 3 rings (SSSR count). The van der Waals surface area contributed by atoms with Crippen molar-refractivity contribution in [3.63, 3.8) is 0 Å². The summed E-state index contributed by atoms with van der Waals surface area (Å²) in [7, 11) is 0. The summed E-state index contributed by atoms with van der Waals surface area (Å²) < 4.78 is 0. The Morgan fingerprint density at radius 2 is 1.64 bits per heavy atom. The summed E-state index contributed by atoms with van der Waals surface area (Å²) >= 11 is 0. The van der Waals surface area contributed by atoms with Crippen LogP contribution in [0.4, 0.5) is 5.69 Å². The van der Waals surface area contributed by atoms with E-state index >= 15 is 0 Å². The minimum Gasteiger partial charge on any atom is -0.324 e. The van der Waals surface area contributed by atoms with Crippen molar-refractivity contribution >= 4 is 17.4 Å². The van der Waals surface area contributed by atoms with E-state index in [4.69, 9.17) is 0 Å². The second-order valence-corrected chi connectivity index (χ2v) is 6.71. The normalized spacial score (nSPS) is 16.1. The lowest BCUT2D eigenvalue weighted by atomic mass is 10.0. The predicted octanol–water partition coefficient (Wildman–Crippen LogP) is 3.96. The zero-order valence-corrected chi connectivity index (χ0v) is 14.7. The fraction of sp³-hybridized carbons (Fsp3) is 0.333. The summed E-state index contributed by atoms with van der Waals surface area (Å²) in [6.45, 7) is 3.37. The topological polar surface area (TPSA) is 58.2 Å². The third-order valence-corrected chi connectivity index (χ3v) is 4.64. The first kappa shape index (κ1) is 17.4. The van der Waals surface area contributed by atoms with Crippen molar-refractivity contribution in [2.24, 2.45) is 5.92 Å². The van der Waals surface area contributed by atoms with E-state index in [9.17, 15) is 9.59 Å². The lowest BCUT2D eigenvalue weighted by Gasteiger charge is -2.23. The molecule has 2 aromatic rings. The van der Waals surface area contributed by atoms with Crippen LogP contribution in [0.1, 0.15) is 48.7 Å². The molecular weight excluding hydrogens is 312 g/mol. The van der Waals surface area contributed by atoms with Crippen LogP contribution in [0.2, 0.25) is 0 Å². The second-order valence-electron chi connectivity index (χ2n) is 6.71. The second kappa shape index (κ2) is 7.62. The van der Waals surface area contributed by atoms with Crippen molar-refractivity contribution in [2.75, 3.05) is 5.32 Å². The van der Waals surface area contributed by atoms with Gasteiger partial charge in [-0.15, -0.1) is 0 Å². The molecule has 0 aromatic heterocycles. The number of ketones is 1. The minimum atomic E-state index is -0.356. The van der Waals surface area contributed by atoms with Gasteiger partial charge in [0.25, 0.3) is 0 Å². The Morgan fingerprint density at radius 1 is 1.00 bits per heavy atom. The molecule has 1 amide bonds. The highest BCUT2D eigenvalue weighted by Gasteiger charge is 2.34. The molecule has 2 aromatic carbocycles. The van der Waals surface area contributed by atoms with Crippen LogP contribution >= 0.6 is 0 Å². The number of anilines is 1. The maximum absolute atomic E-state index is 12.6. The molecule has 0 radical (unpaired) electrons. The molecule has 1 aliphatic carbocycles. The van der Waals surface area contributed by atoms with Gasteiger partial charge in [-0.1, -0.05) is 42.5 Å². The largest absolute Gasteiger partial charge is 0.324 e. The van der Waals surface area contributed by atoms with E-state index in [-0.39, 0.29) is 23.8 Å². The summed E-state index contributed by atoms with van der Waals surface area (Å²) in [5.74, 6) is 0.397. The lowest BCUT2D eigenvalue weighted by molar-refractivity contribution is -0.118. The van der Waals surface area contributed by atoms with Crippen LogP contribution < -0.4 is 10.6 Å². The van der Waals surface area contributed by atoms with Gasteiger partial charge in [0.2, 0.25) is 5.91 Å². The van der Waals surface area contributed by atoms with Crippen molar-refractivity contribution in [1.82, 2.24) is 5.32 Å². The summed E-state index contributed by atoms with van der Waals surface area (Å²) in [5, 5.41) is 6.35. The summed E-state index contributed by atoms with van der Waals surface area (Å²) in [6, 6.07) is 17.2. The number of Topliss-reactive ketones (excluding diaryl/α,β-unsaturated/α-hetero) is 1. The Hall–Kier alpha value is -2.46. The molecule has 2 atom stereocenters. The number of nitrogens with one attached hydrogen (secondary N) is 2. The third-order valence-electron chi connectivity index (χ3n) is 4.64. The lowest BCUT2D eigenvalue weighted by Crippen LogP contribution is -2.41. The first-order chi connectivity index (χ1) is 12.1. The molecule has 0 bridgehead atoms. The van der Waals surface area contributed by atoms with E-state index in [2.05, 4.69) is 22.8 Å². The average molecular weight is 336 g/mol. The van der Waals surface area contributed by atoms with Crippen LogP contribution in [-0.2, 0) is 4.79 Å². The van der Waals surface area contributed by atoms with E-state index in [1.54, 1.807) is 18.2 Å². The van der Waals surface area contributed by atoms with Gasteiger partial charge in [-0.3, -0.25) is 14.9 Å². The van der Waals surface area contributed by atoms with E-state index in [0.29, 0.717) is 17.2 Å². The smallest absolute Gasteiger partial charge is 0.241 e. The molecule has 1 aliphatic rings. The number of rotatable bonds is 7. The molecule has 0 unspecified atom stereocenters. The van der Waals surface area contributed by atoms with Crippen molar-refractivity contribution in [3.8, 4) is 0 Å². The Labute approximate surface area is 148 Å². The van der Waals surface area contributed by atoms with Crippen LogP contribution in [-0.4, -0.2) is 17.7 Å². The highest BCUT2D eigenvalue weighted by Crippen LogP contribution is 2.41. The van der Waals surface area contributed by atoms with Crippen LogP contribution in [0.3, 0.4) is 0 Å². The SMILES string of the molecule is CC(=O)c1ccccc1NC(=O)[C@@H](C)N[C@H](c1ccccc1)C1CC1. The number of carbonyl (C=O) groups is 2. The molecule has 1 saturated carbocycles. The van der Waals surface area contributed by atoms with Crippen LogP contribution in [0.25, 0.3) is 0 Å². The predicted molar refractivity (Wildman–Crippen MR) is 99.6 cm³/mol. The van der Waals surface area contributed by atoms with E-state index in [1.165, 1.54) is 25.3 Å². The molecule has 0 spiro atoms. The maximum atomic E-state index is 12.6. The van der Waals surface area contributed by atoms with Gasteiger partial charge in [0.1, 0.15) is 0 Å². The van der Waals surface area contributed by atoms with Crippen molar-refractivity contribution in [1.29, 1.82) is 0 Å². The fourth-order valence-corrected chi connectivity index (χ4v) is 3.08. The molecule has 4 heteroatoms. The summed E-state index contributed by atoms with van der Waals surface area (Å²) in [4.78, 5) is 24.3. The fourth-order valence-electron chi connectivity index (χ4n) is 3.08. The van der Waals surface area contributed by atoms with E-state index in [1.807, 2.05) is 31.2 Å². The van der Waals surface area contributed by atoms with Crippen molar-refractivity contribution < 1.29 is 9.59 Å². The maximum Gasteiger partial charge on any atom is 0.241 e. The average Bonchev–Trinajstić information content (AvgIpc) is 3.45. The van der Waals surface area contributed by atoms with Gasteiger partial charge in [-0.25, -0.2) is 0 Å². The van der Waals surface area contributed by atoms with Gasteiger partial charge in [0.05, 0.1) is 11.7 Å². The Bertz CT molecular complexity index is 754. The highest BCUT2D eigenvalue weighted by molar-refractivity contribution is 6.04. The van der Waals surface area contributed by atoms with Gasteiger partial charge >= 0.3 is 0 Å². The van der Waals surface area contributed by atoms with E-state index < -0.39 is 0 Å². The zero-order chi connectivity index (χ0) is 17.8. The molecule has 130 valence electrons. The molecule has 0 aliphatic heterocycles. The molecule has 1 fully saturated rings. The zero-order valence-electron chi connectivity index (χ0n) is 14.7. The Morgan fingerprint density at radius 3 is 2.28 bits per heavy atom. The molecule has 0 saturated heterocycles. The molecule has 2 N–H and O–H groups in total. The number of benzene rings is 2. The van der Waals surface area contributed by atoms with Gasteiger partial charge < -0.3 is 5.32 Å². The monoisotopic (exact) mass is 336 g/mol. The number of hydrogen-bond acceptors (Lipinski definition) is 3. The van der Waals surface area contributed by atoms with Gasteiger partial charge in [0.15, 0.2) is 5.78 Å². The quantitative estimate of drug-likeness (QED) is 0.753. The van der Waals surface area contributed by atoms with Gasteiger partial charge in [0, 0.05) is 11.6 Å². The number of hydrogen-bond donors (Lipinski definition) is 2. The highest BCUT2D eigenvalue weighted by atomic mass is 16.2. The first-order valence-corrected chi connectivity index (χ1v) is 8.78. The standard InChI is InChI=1S/C21H24N2O2/c1-14(21(25)23-19-11-7-6-10-18(19)15(2)24)22-20(17-12-13-17)16-8-4-3-5-9-16/h3-11,14,17,20,22H,12-13H2,1-2H3,(H,23,25)/t14-,20-/m1/s1. The van der Waals surface area contributed by atoms with Gasteiger partial charge in [-0.05, 0) is 50.3 Å². The van der Waals surface area contributed by atoms with Crippen LogP contribution in [0.15, 0.2) is 54.6 Å². The van der Waals surface area contributed by atoms with Gasteiger partial charge in [-0.2, -0.15) is 0 Å². The van der Waals surface area contributed by atoms with Crippen molar-refractivity contribution in [2.45, 2.75) is 38.8 Å². The number of para-hydroxylation sites is 1. The molecule has 4 nitrogen and oxygen atoms in total. The minimum absolute atomic E-state index is 0.0587. The first-order valence-electron chi connectivity index (χ1n) is 8.78. The molecular formula is C21H24N2O2. The summed E-state index contributed by atoms with van der Waals surface area (Å²) in [6.07, 6.45) is 2.38. The van der Waals surface area contributed by atoms with Crippen molar-refractivity contribution in [3.05, 3.63) is 65.7 Å². The Kier molecular flexibility index (Phi) is 5.29. The number of carbonyl (C=O) groups excluding carboxylic acids is 2. The number of amides is 1. The molecule has 25 heavy (non-hydrogen) atoms. The summed E-state index contributed by atoms with van der Waals surface area (Å²) in [5.41, 5.74) is 2.31. The molecule has 0 heterocycles. The van der Waals surface area contributed by atoms with Crippen LogP contribution in [0, 0.1) is 5.92 Å². The van der Waals surface area contributed by atoms with E-state index in [0.717, 1.165) is 0 Å². The Balaban J connectivity index is 1.69.